The van der Waals surface area contributed by atoms with Gasteiger partial charge in [-0.25, -0.2) is 4.39 Å². The molecule has 2 heterocycles. The highest BCUT2D eigenvalue weighted by molar-refractivity contribution is 5.16. The molecule has 21 heavy (non-hydrogen) atoms. The first kappa shape index (κ1) is 14.9. The summed E-state index contributed by atoms with van der Waals surface area (Å²) in [5.74, 6) is -0.172. The molecule has 2 saturated heterocycles. The highest BCUT2D eigenvalue weighted by Gasteiger charge is 2.45. The number of ether oxygens (including phenoxy) is 2. The Balaban J connectivity index is 1.69. The van der Waals surface area contributed by atoms with E-state index in [-0.39, 0.29) is 11.2 Å². The number of hydrogen-bond acceptors (Lipinski definition) is 3. The Kier molecular flexibility index (Phi) is 4.57. The topological polar surface area (TPSA) is 21.7 Å². The predicted molar refractivity (Wildman–Crippen MR) is 79.6 cm³/mol. The zero-order valence-corrected chi connectivity index (χ0v) is 12.7. The van der Waals surface area contributed by atoms with Gasteiger partial charge < -0.3 is 9.47 Å². The lowest BCUT2D eigenvalue weighted by Crippen LogP contribution is -2.56. The van der Waals surface area contributed by atoms with Crippen LogP contribution in [0.4, 0.5) is 4.39 Å². The van der Waals surface area contributed by atoms with E-state index in [1.54, 1.807) is 7.11 Å². The van der Waals surface area contributed by atoms with E-state index < -0.39 is 0 Å². The second kappa shape index (κ2) is 6.42. The van der Waals surface area contributed by atoms with E-state index in [4.69, 9.17) is 9.47 Å². The fourth-order valence-electron chi connectivity index (χ4n) is 3.86. The summed E-state index contributed by atoms with van der Waals surface area (Å²) in [6.07, 6.45) is 3.68. The van der Waals surface area contributed by atoms with Gasteiger partial charge in [0.15, 0.2) is 0 Å². The van der Waals surface area contributed by atoms with Crippen LogP contribution in [0, 0.1) is 11.2 Å². The van der Waals surface area contributed by atoms with Crippen LogP contribution < -0.4 is 0 Å². The van der Waals surface area contributed by atoms with Crippen LogP contribution in [0.5, 0.6) is 0 Å². The molecule has 2 aliphatic heterocycles. The summed E-state index contributed by atoms with van der Waals surface area (Å²) in [5, 5.41) is 0. The van der Waals surface area contributed by atoms with Gasteiger partial charge in [-0.15, -0.1) is 0 Å². The van der Waals surface area contributed by atoms with Crippen molar-refractivity contribution in [1.82, 2.24) is 4.90 Å². The van der Waals surface area contributed by atoms with Gasteiger partial charge in [0.1, 0.15) is 5.82 Å². The fraction of sp³-hybridized carbons (Fsp3) is 0.647. The summed E-state index contributed by atoms with van der Waals surface area (Å²) in [6, 6.07) is 6.83. The minimum absolute atomic E-state index is 0.130. The van der Waals surface area contributed by atoms with Crippen LogP contribution in [0.2, 0.25) is 0 Å². The lowest BCUT2D eigenvalue weighted by molar-refractivity contribution is -0.149. The molecule has 0 spiro atoms. The number of nitrogens with zero attached hydrogens (tertiary/aromatic N) is 1. The van der Waals surface area contributed by atoms with Crippen molar-refractivity contribution >= 4 is 0 Å². The number of halogens is 1. The number of likely N-dealkylation sites (tertiary alicyclic amines) is 1. The van der Waals surface area contributed by atoms with Crippen molar-refractivity contribution in [3.05, 3.63) is 35.6 Å². The van der Waals surface area contributed by atoms with E-state index in [0.29, 0.717) is 6.10 Å². The molecule has 2 aliphatic rings. The molecular formula is C17H24FNO2. The largest absolute Gasteiger partial charge is 0.384 e. The van der Waals surface area contributed by atoms with Crippen LogP contribution in [0.1, 0.15) is 24.8 Å². The maximum atomic E-state index is 13.0. The van der Waals surface area contributed by atoms with Crippen LogP contribution in [-0.4, -0.2) is 44.4 Å². The van der Waals surface area contributed by atoms with Gasteiger partial charge in [0.25, 0.3) is 0 Å². The molecule has 2 fully saturated rings. The summed E-state index contributed by atoms with van der Waals surface area (Å²) in [7, 11) is 1.78. The van der Waals surface area contributed by atoms with Crippen molar-refractivity contribution in [2.45, 2.75) is 31.9 Å². The minimum atomic E-state index is -0.172. The van der Waals surface area contributed by atoms with Crippen LogP contribution in [0.25, 0.3) is 0 Å². The maximum absolute atomic E-state index is 13.0. The molecule has 0 amide bonds. The maximum Gasteiger partial charge on any atom is 0.123 e. The monoisotopic (exact) mass is 293 g/mol. The predicted octanol–water partition coefficient (Wildman–Crippen LogP) is 2.84. The Hall–Kier alpha value is -0.970. The first-order valence-corrected chi connectivity index (χ1v) is 7.79. The number of benzene rings is 1. The molecule has 4 heteroatoms. The highest BCUT2D eigenvalue weighted by Crippen LogP contribution is 2.40. The van der Waals surface area contributed by atoms with Crippen molar-refractivity contribution in [2.24, 2.45) is 5.41 Å². The molecule has 0 N–H and O–H groups in total. The molecule has 1 aromatic rings. The Morgan fingerprint density at radius 3 is 2.95 bits per heavy atom. The van der Waals surface area contributed by atoms with Gasteiger partial charge >= 0.3 is 0 Å². The van der Waals surface area contributed by atoms with E-state index in [1.807, 2.05) is 12.1 Å². The lowest BCUT2D eigenvalue weighted by Gasteiger charge is -2.50. The standard InChI is InChI=1S/C17H24FNO2/c1-20-13-17-8-2-10-21-16(17)7-9-19(12-17)11-14-3-5-15(18)6-4-14/h3-6,16H,2,7-13H2,1H3/t16-,17+/m0/s1. The SMILES string of the molecule is COC[C@]12CCCO[C@H]1CCN(Cc1ccc(F)cc1)C2. The van der Waals surface area contributed by atoms with E-state index >= 15 is 0 Å². The summed E-state index contributed by atoms with van der Waals surface area (Å²) < 4.78 is 24.5. The average molecular weight is 293 g/mol. The van der Waals surface area contributed by atoms with Crippen molar-refractivity contribution in [2.75, 3.05) is 33.4 Å². The van der Waals surface area contributed by atoms with Crippen LogP contribution in [0.15, 0.2) is 24.3 Å². The first-order valence-electron chi connectivity index (χ1n) is 7.79. The summed E-state index contributed by atoms with van der Waals surface area (Å²) in [6.45, 7) is 4.56. The van der Waals surface area contributed by atoms with Crippen LogP contribution >= 0.6 is 0 Å². The third kappa shape index (κ3) is 3.28. The van der Waals surface area contributed by atoms with Gasteiger partial charge in [-0.2, -0.15) is 0 Å². The molecule has 2 atom stereocenters. The second-order valence-corrected chi connectivity index (χ2v) is 6.38. The zero-order chi connectivity index (χ0) is 14.7. The molecule has 0 saturated carbocycles. The summed E-state index contributed by atoms with van der Waals surface area (Å²) in [5.41, 5.74) is 1.30. The molecule has 0 aromatic heterocycles. The molecule has 116 valence electrons. The Morgan fingerprint density at radius 1 is 1.38 bits per heavy atom. The van der Waals surface area contributed by atoms with E-state index in [2.05, 4.69) is 4.90 Å². The highest BCUT2D eigenvalue weighted by atomic mass is 19.1. The lowest BCUT2D eigenvalue weighted by atomic mass is 9.73. The Morgan fingerprint density at radius 2 is 2.19 bits per heavy atom. The van der Waals surface area contributed by atoms with E-state index in [9.17, 15) is 4.39 Å². The number of fused-ring (bicyclic) bond motifs is 1. The van der Waals surface area contributed by atoms with Crippen LogP contribution in [0.3, 0.4) is 0 Å². The molecule has 1 aromatic carbocycles. The molecular weight excluding hydrogens is 269 g/mol. The van der Waals surface area contributed by atoms with Gasteiger partial charge in [0.05, 0.1) is 12.7 Å². The second-order valence-electron chi connectivity index (χ2n) is 6.38. The zero-order valence-electron chi connectivity index (χ0n) is 12.7. The summed E-state index contributed by atoms with van der Waals surface area (Å²) in [4.78, 5) is 2.46. The molecule has 0 bridgehead atoms. The fourth-order valence-corrected chi connectivity index (χ4v) is 3.86. The normalized spacial score (nSPS) is 30.1. The van der Waals surface area contributed by atoms with Gasteiger partial charge in [0.2, 0.25) is 0 Å². The number of hydrogen-bond donors (Lipinski definition) is 0. The molecule has 3 rings (SSSR count). The molecule has 0 radical (unpaired) electrons. The molecule has 0 unspecified atom stereocenters. The molecule has 3 nitrogen and oxygen atoms in total. The quantitative estimate of drug-likeness (QED) is 0.852. The van der Waals surface area contributed by atoms with Gasteiger partial charge in [-0.3, -0.25) is 4.90 Å². The minimum Gasteiger partial charge on any atom is -0.384 e. The number of methoxy groups -OCH3 is 1. The van der Waals surface area contributed by atoms with Crippen molar-refractivity contribution in [1.29, 1.82) is 0 Å². The van der Waals surface area contributed by atoms with E-state index in [0.717, 1.165) is 45.7 Å². The van der Waals surface area contributed by atoms with E-state index in [1.165, 1.54) is 24.1 Å². The first-order chi connectivity index (χ1) is 10.2. The third-order valence-electron chi connectivity index (χ3n) is 4.82. The van der Waals surface area contributed by atoms with Gasteiger partial charge in [-0.1, -0.05) is 12.1 Å². The van der Waals surface area contributed by atoms with Crippen molar-refractivity contribution in [3.8, 4) is 0 Å². The van der Waals surface area contributed by atoms with Crippen LogP contribution in [-0.2, 0) is 16.0 Å². The Labute approximate surface area is 126 Å². The van der Waals surface area contributed by atoms with Crippen molar-refractivity contribution in [3.63, 3.8) is 0 Å². The van der Waals surface area contributed by atoms with Crippen molar-refractivity contribution < 1.29 is 13.9 Å². The molecule has 0 aliphatic carbocycles. The van der Waals surface area contributed by atoms with Gasteiger partial charge in [-0.05, 0) is 37.0 Å². The number of rotatable bonds is 4. The van der Waals surface area contributed by atoms with Gasteiger partial charge in [0, 0.05) is 38.8 Å². The number of piperidine rings is 1. The summed E-state index contributed by atoms with van der Waals surface area (Å²) >= 11 is 0. The average Bonchev–Trinajstić information content (AvgIpc) is 2.49. The Bertz CT molecular complexity index is 460. The third-order valence-corrected chi connectivity index (χ3v) is 4.82. The smallest absolute Gasteiger partial charge is 0.123 e.